The zero-order chi connectivity index (χ0) is 17.5. The number of benzene rings is 2. The lowest BCUT2D eigenvalue weighted by atomic mass is 10.0. The predicted octanol–water partition coefficient (Wildman–Crippen LogP) is 1.35. The summed E-state index contributed by atoms with van der Waals surface area (Å²) >= 11 is 0. The van der Waals surface area contributed by atoms with Gasteiger partial charge in [-0.2, -0.15) is 0 Å². The first-order valence-corrected chi connectivity index (χ1v) is 8.62. The van der Waals surface area contributed by atoms with Gasteiger partial charge in [-0.05, 0) is 17.2 Å². The van der Waals surface area contributed by atoms with Crippen LogP contribution in [0.3, 0.4) is 0 Å². The second-order valence-corrected chi connectivity index (χ2v) is 6.35. The van der Waals surface area contributed by atoms with Crippen LogP contribution >= 0.6 is 0 Å². The van der Waals surface area contributed by atoms with E-state index in [1.54, 1.807) is 0 Å². The van der Waals surface area contributed by atoms with E-state index < -0.39 is 6.10 Å². The number of aliphatic hydroxyl groups excluding tert-OH is 1. The van der Waals surface area contributed by atoms with Crippen molar-refractivity contribution in [3.8, 4) is 5.75 Å². The molecule has 1 fully saturated rings. The topological polar surface area (TPSA) is 70.6 Å². The van der Waals surface area contributed by atoms with Gasteiger partial charge in [0.25, 0.3) is 5.91 Å². The maximum atomic E-state index is 12.0. The van der Waals surface area contributed by atoms with Crippen molar-refractivity contribution in [3.05, 3.63) is 65.7 Å². The van der Waals surface area contributed by atoms with Crippen molar-refractivity contribution in [3.63, 3.8) is 0 Å². The van der Waals surface area contributed by atoms with E-state index in [4.69, 9.17) is 4.74 Å². The number of hydrogen-bond acceptors (Lipinski definition) is 4. The van der Waals surface area contributed by atoms with E-state index in [2.05, 4.69) is 22.8 Å². The van der Waals surface area contributed by atoms with E-state index in [-0.39, 0.29) is 18.4 Å². The van der Waals surface area contributed by atoms with Gasteiger partial charge in [-0.1, -0.05) is 48.5 Å². The Labute approximate surface area is 148 Å². The van der Waals surface area contributed by atoms with Crippen molar-refractivity contribution in [2.24, 2.45) is 5.92 Å². The van der Waals surface area contributed by atoms with Gasteiger partial charge in [0.15, 0.2) is 6.61 Å². The smallest absolute Gasteiger partial charge is 0.257 e. The average Bonchev–Trinajstić information content (AvgIpc) is 3.05. The Morgan fingerprint density at radius 3 is 2.64 bits per heavy atom. The van der Waals surface area contributed by atoms with Crippen molar-refractivity contribution in [2.45, 2.75) is 12.5 Å². The van der Waals surface area contributed by atoms with Gasteiger partial charge in [-0.15, -0.1) is 0 Å². The molecule has 3 N–H and O–H groups in total. The summed E-state index contributed by atoms with van der Waals surface area (Å²) in [6.45, 7) is 1.75. The van der Waals surface area contributed by atoms with Crippen molar-refractivity contribution < 1.29 is 14.6 Å². The first-order valence-electron chi connectivity index (χ1n) is 8.62. The lowest BCUT2D eigenvalue weighted by molar-refractivity contribution is -0.123. The molecule has 2 aromatic carbocycles. The summed E-state index contributed by atoms with van der Waals surface area (Å²) in [5.74, 6) is 0.618. The highest BCUT2D eigenvalue weighted by Crippen LogP contribution is 2.21. The summed E-state index contributed by atoms with van der Waals surface area (Å²) in [6.07, 6.45) is 0.367. The maximum Gasteiger partial charge on any atom is 0.257 e. The minimum atomic E-state index is -0.396. The fourth-order valence-corrected chi connectivity index (χ4v) is 2.97. The Kier molecular flexibility index (Phi) is 6.04. The number of para-hydroxylation sites is 1. The summed E-state index contributed by atoms with van der Waals surface area (Å²) < 4.78 is 5.72. The molecule has 0 radical (unpaired) electrons. The second-order valence-electron chi connectivity index (χ2n) is 6.35. The van der Waals surface area contributed by atoms with Crippen LogP contribution < -0.4 is 15.4 Å². The SMILES string of the molecule is O=C(COc1ccccc1Cc1ccccc1)NCC1CNCC1O. The second kappa shape index (κ2) is 8.65. The Morgan fingerprint density at radius 2 is 1.88 bits per heavy atom. The molecule has 25 heavy (non-hydrogen) atoms. The van der Waals surface area contributed by atoms with Gasteiger partial charge < -0.3 is 20.5 Å². The molecule has 2 aromatic rings. The number of nitrogens with one attached hydrogen (secondary N) is 2. The monoisotopic (exact) mass is 340 g/mol. The van der Waals surface area contributed by atoms with Crippen LogP contribution in [-0.4, -0.2) is 43.4 Å². The van der Waals surface area contributed by atoms with E-state index in [0.717, 1.165) is 24.3 Å². The van der Waals surface area contributed by atoms with E-state index in [9.17, 15) is 9.90 Å². The number of β-amino-alcohol motifs (C(OH)–C–C–N with tert-alkyl or cyclic N) is 1. The number of carbonyl (C=O) groups excluding carboxylic acids is 1. The largest absolute Gasteiger partial charge is 0.483 e. The summed E-state index contributed by atoms with van der Waals surface area (Å²) in [4.78, 5) is 12.0. The third-order valence-corrected chi connectivity index (χ3v) is 4.43. The summed E-state index contributed by atoms with van der Waals surface area (Å²) in [5.41, 5.74) is 2.25. The van der Waals surface area contributed by atoms with Crippen LogP contribution in [0.4, 0.5) is 0 Å². The standard InChI is InChI=1S/C20H24N2O3/c23-18-13-21-11-17(18)12-22-20(24)14-25-19-9-5-4-8-16(19)10-15-6-2-1-3-7-15/h1-9,17-18,21,23H,10-14H2,(H,22,24). The molecule has 2 unspecified atom stereocenters. The molecule has 5 heteroatoms. The number of aliphatic hydroxyl groups is 1. The number of ether oxygens (including phenoxy) is 1. The van der Waals surface area contributed by atoms with E-state index >= 15 is 0 Å². The molecule has 1 saturated heterocycles. The molecule has 132 valence electrons. The molecule has 3 rings (SSSR count). The summed E-state index contributed by atoms with van der Waals surface area (Å²) in [7, 11) is 0. The molecule has 0 aliphatic carbocycles. The molecular formula is C20H24N2O3. The lowest BCUT2D eigenvalue weighted by Gasteiger charge is -2.15. The van der Waals surface area contributed by atoms with E-state index in [1.807, 2.05) is 42.5 Å². The quantitative estimate of drug-likeness (QED) is 0.712. The van der Waals surface area contributed by atoms with E-state index in [0.29, 0.717) is 13.1 Å². The Morgan fingerprint density at radius 1 is 1.12 bits per heavy atom. The highest BCUT2D eigenvalue weighted by molar-refractivity contribution is 5.77. The third-order valence-electron chi connectivity index (χ3n) is 4.43. The molecule has 1 aliphatic rings. The molecule has 0 saturated carbocycles. The zero-order valence-electron chi connectivity index (χ0n) is 14.2. The average molecular weight is 340 g/mol. The molecule has 0 aromatic heterocycles. The van der Waals surface area contributed by atoms with Crippen LogP contribution in [-0.2, 0) is 11.2 Å². The number of amides is 1. The molecule has 5 nitrogen and oxygen atoms in total. The first kappa shape index (κ1) is 17.5. The molecule has 0 spiro atoms. The van der Waals surface area contributed by atoms with Crippen molar-refractivity contribution >= 4 is 5.91 Å². The number of rotatable bonds is 7. The highest BCUT2D eigenvalue weighted by Gasteiger charge is 2.25. The highest BCUT2D eigenvalue weighted by atomic mass is 16.5. The minimum Gasteiger partial charge on any atom is -0.483 e. The van der Waals surface area contributed by atoms with Crippen LogP contribution in [0.25, 0.3) is 0 Å². The molecule has 2 atom stereocenters. The van der Waals surface area contributed by atoms with Gasteiger partial charge in [0.2, 0.25) is 0 Å². The molecule has 1 heterocycles. The predicted molar refractivity (Wildman–Crippen MR) is 96.6 cm³/mol. The lowest BCUT2D eigenvalue weighted by Crippen LogP contribution is -2.36. The maximum absolute atomic E-state index is 12.0. The van der Waals surface area contributed by atoms with Crippen LogP contribution in [0.2, 0.25) is 0 Å². The Hall–Kier alpha value is -2.37. The molecule has 0 bridgehead atoms. The number of hydrogen-bond donors (Lipinski definition) is 3. The fourth-order valence-electron chi connectivity index (χ4n) is 2.97. The van der Waals surface area contributed by atoms with Crippen LogP contribution in [0.15, 0.2) is 54.6 Å². The molecular weight excluding hydrogens is 316 g/mol. The Bertz CT molecular complexity index is 690. The molecule has 1 aliphatic heterocycles. The van der Waals surface area contributed by atoms with Crippen molar-refractivity contribution in [2.75, 3.05) is 26.2 Å². The zero-order valence-corrected chi connectivity index (χ0v) is 14.2. The fraction of sp³-hybridized carbons (Fsp3) is 0.350. The van der Waals surface area contributed by atoms with Gasteiger partial charge in [0.05, 0.1) is 6.10 Å². The van der Waals surface area contributed by atoms with Crippen molar-refractivity contribution in [1.82, 2.24) is 10.6 Å². The Balaban J connectivity index is 1.51. The van der Waals surface area contributed by atoms with Crippen LogP contribution in [0.1, 0.15) is 11.1 Å². The van der Waals surface area contributed by atoms with Gasteiger partial charge in [0, 0.05) is 32.0 Å². The number of carbonyl (C=O) groups is 1. The molecule has 1 amide bonds. The van der Waals surface area contributed by atoms with Gasteiger partial charge in [0.1, 0.15) is 5.75 Å². The van der Waals surface area contributed by atoms with Crippen molar-refractivity contribution in [1.29, 1.82) is 0 Å². The minimum absolute atomic E-state index is 0.0257. The van der Waals surface area contributed by atoms with Gasteiger partial charge in [-0.25, -0.2) is 0 Å². The van der Waals surface area contributed by atoms with E-state index in [1.165, 1.54) is 5.56 Å². The first-order chi connectivity index (χ1) is 12.2. The third kappa shape index (κ3) is 5.05. The summed E-state index contributed by atoms with van der Waals surface area (Å²) in [6, 6.07) is 17.9. The summed E-state index contributed by atoms with van der Waals surface area (Å²) in [5, 5.41) is 15.7. The van der Waals surface area contributed by atoms with Crippen LogP contribution in [0, 0.1) is 5.92 Å². The van der Waals surface area contributed by atoms with Gasteiger partial charge in [-0.3, -0.25) is 4.79 Å². The normalized spacial score (nSPS) is 19.6. The van der Waals surface area contributed by atoms with Crippen LogP contribution in [0.5, 0.6) is 5.75 Å². The van der Waals surface area contributed by atoms with Gasteiger partial charge >= 0.3 is 0 Å².